The van der Waals surface area contributed by atoms with E-state index in [1.807, 2.05) is 32.2 Å². The number of hydrogen-bond acceptors (Lipinski definition) is 6. The van der Waals surface area contributed by atoms with Crippen LogP contribution >= 0.6 is 0 Å². The van der Waals surface area contributed by atoms with Crippen LogP contribution in [0, 0.1) is 5.92 Å². The number of aliphatic carboxylic acids is 1. The molecule has 0 radical (unpaired) electrons. The Morgan fingerprint density at radius 1 is 1.38 bits per heavy atom. The Hall–Kier alpha value is -2.84. The zero-order valence-corrected chi connectivity index (χ0v) is 13.5. The van der Waals surface area contributed by atoms with Crippen molar-refractivity contribution in [2.24, 2.45) is 13.0 Å². The molecule has 0 bridgehead atoms. The molecule has 0 saturated carbocycles. The Morgan fingerprint density at radius 3 is 2.88 bits per heavy atom. The van der Waals surface area contributed by atoms with Gasteiger partial charge in [0, 0.05) is 13.0 Å². The van der Waals surface area contributed by atoms with Crippen molar-refractivity contribution in [2.75, 3.05) is 0 Å². The summed E-state index contributed by atoms with van der Waals surface area (Å²) in [5.74, 6) is -1.32. The normalized spacial score (nSPS) is 13.9. The molecule has 0 fully saturated rings. The molecule has 3 aromatic rings. The third kappa shape index (κ3) is 3.10. The fourth-order valence-electron chi connectivity index (χ4n) is 3.00. The molecular weight excluding hydrogens is 310 g/mol. The van der Waals surface area contributed by atoms with Gasteiger partial charge in [-0.2, -0.15) is 5.21 Å². The molecule has 0 amide bonds. The average molecular weight is 329 g/mol. The lowest BCUT2D eigenvalue weighted by atomic mass is 9.83. The Morgan fingerprint density at radius 2 is 2.21 bits per heavy atom. The number of aromatic nitrogens is 7. The second-order valence-electron chi connectivity index (χ2n) is 5.85. The fraction of sp³-hybridized carbons (Fsp3) is 0.467. The molecule has 1 aromatic carbocycles. The summed E-state index contributed by atoms with van der Waals surface area (Å²) in [6, 6.07) is 5.81. The lowest BCUT2D eigenvalue weighted by Crippen LogP contribution is -2.25. The second-order valence-corrected chi connectivity index (χ2v) is 5.85. The molecular formula is C15H19N7O2. The second kappa shape index (κ2) is 6.73. The summed E-state index contributed by atoms with van der Waals surface area (Å²) < 4.78 is 1.70. The summed E-state index contributed by atoms with van der Waals surface area (Å²) in [6.07, 6.45) is 1.84. The van der Waals surface area contributed by atoms with Crippen molar-refractivity contribution >= 4 is 17.0 Å². The molecule has 9 nitrogen and oxygen atoms in total. The van der Waals surface area contributed by atoms with E-state index in [0.29, 0.717) is 18.7 Å². The minimum Gasteiger partial charge on any atom is -0.481 e. The molecule has 24 heavy (non-hydrogen) atoms. The van der Waals surface area contributed by atoms with Crippen molar-refractivity contribution in [1.82, 2.24) is 35.6 Å². The summed E-state index contributed by atoms with van der Waals surface area (Å²) in [5.41, 5.74) is 2.70. The number of carboxylic acids is 1. The number of tetrazole rings is 1. The molecule has 2 unspecified atom stereocenters. The Balaban J connectivity index is 1.95. The van der Waals surface area contributed by atoms with Gasteiger partial charge < -0.3 is 5.11 Å². The van der Waals surface area contributed by atoms with E-state index in [1.54, 1.807) is 4.68 Å². The largest absolute Gasteiger partial charge is 0.481 e. The lowest BCUT2D eigenvalue weighted by molar-refractivity contribution is -0.142. The maximum Gasteiger partial charge on any atom is 0.307 e. The summed E-state index contributed by atoms with van der Waals surface area (Å²) in [7, 11) is 1.83. The molecule has 2 N–H and O–H groups in total. The number of nitrogens with zero attached hydrogens (tertiary/aromatic N) is 6. The van der Waals surface area contributed by atoms with E-state index < -0.39 is 11.9 Å². The topological polar surface area (TPSA) is 122 Å². The van der Waals surface area contributed by atoms with Crippen LogP contribution in [-0.2, 0) is 18.3 Å². The highest BCUT2D eigenvalue weighted by atomic mass is 16.4. The highest BCUT2D eigenvalue weighted by Gasteiger charge is 2.32. The van der Waals surface area contributed by atoms with Crippen molar-refractivity contribution in [2.45, 2.75) is 32.1 Å². The van der Waals surface area contributed by atoms with Gasteiger partial charge in [-0.15, -0.1) is 15.3 Å². The first-order valence-electron chi connectivity index (χ1n) is 7.84. The molecule has 0 saturated heterocycles. The van der Waals surface area contributed by atoms with Crippen LogP contribution in [0.15, 0.2) is 18.2 Å². The number of benzene rings is 1. The minimum atomic E-state index is -0.838. The van der Waals surface area contributed by atoms with E-state index in [-0.39, 0.29) is 5.92 Å². The van der Waals surface area contributed by atoms with E-state index in [4.69, 9.17) is 0 Å². The molecule has 0 aliphatic rings. The molecule has 3 rings (SSSR count). The first kappa shape index (κ1) is 16.0. The van der Waals surface area contributed by atoms with E-state index in [1.165, 1.54) is 0 Å². The van der Waals surface area contributed by atoms with Crippen LogP contribution in [0.5, 0.6) is 0 Å². The Kier molecular flexibility index (Phi) is 4.50. The van der Waals surface area contributed by atoms with Crippen molar-refractivity contribution in [3.05, 3.63) is 29.6 Å². The van der Waals surface area contributed by atoms with Crippen LogP contribution in [0.25, 0.3) is 11.0 Å². The summed E-state index contributed by atoms with van der Waals surface area (Å²) in [5, 5.41) is 31.7. The Labute approximate surface area is 138 Å². The summed E-state index contributed by atoms with van der Waals surface area (Å²) in [6.45, 7) is 1.97. The fourth-order valence-corrected chi connectivity index (χ4v) is 3.00. The van der Waals surface area contributed by atoms with Crippen LogP contribution in [0.3, 0.4) is 0 Å². The van der Waals surface area contributed by atoms with Crippen LogP contribution in [0.4, 0.5) is 0 Å². The average Bonchev–Trinajstić information content (AvgIpc) is 3.21. The van der Waals surface area contributed by atoms with Gasteiger partial charge in [0.15, 0.2) is 5.82 Å². The van der Waals surface area contributed by atoms with Crippen LogP contribution < -0.4 is 0 Å². The quantitative estimate of drug-likeness (QED) is 0.670. The highest BCUT2D eigenvalue weighted by molar-refractivity contribution is 5.75. The highest BCUT2D eigenvalue weighted by Crippen LogP contribution is 2.30. The van der Waals surface area contributed by atoms with Gasteiger partial charge in [-0.3, -0.25) is 4.79 Å². The molecule has 126 valence electrons. The summed E-state index contributed by atoms with van der Waals surface area (Å²) >= 11 is 0. The first-order valence-corrected chi connectivity index (χ1v) is 7.84. The van der Waals surface area contributed by atoms with E-state index in [2.05, 4.69) is 30.9 Å². The number of hydrogen-bond donors (Lipinski definition) is 2. The van der Waals surface area contributed by atoms with Crippen LogP contribution in [-0.4, -0.2) is 46.7 Å². The van der Waals surface area contributed by atoms with E-state index >= 15 is 0 Å². The summed E-state index contributed by atoms with van der Waals surface area (Å²) in [4.78, 5) is 11.7. The van der Waals surface area contributed by atoms with Gasteiger partial charge in [0.25, 0.3) is 0 Å². The maximum atomic E-state index is 11.7. The number of aromatic amines is 1. The number of carbonyl (C=O) groups is 1. The molecule has 0 aliphatic carbocycles. The van der Waals surface area contributed by atoms with Crippen LogP contribution in [0.1, 0.15) is 37.1 Å². The smallest absolute Gasteiger partial charge is 0.307 e. The standard InChI is InChI=1S/C15H19N7O2/c1-3-4-10(15(23)24)11(14-17-19-20-18-14)7-9-5-6-12-13(8-9)22(2)21-16-12/h5-6,8,10-11H,3-4,7H2,1-2H3,(H,23,24)(H,17,18,19,20). The number of carboxylic acid groups (broad SMARTS) is 1. The predicted molar refractivity (Wildman–Crippen MR) is 85.2 cm³/mol. The Bertz CT molecular complexity index is 828. The van der Waals surface area contributed by atoms with E-state index in [0.717, 1.165) is 23.0 Å². The zero-order valence-electron chi connectivity index (χ0n) is 13.5. The van der Waals surface area contributed by atoms with Gasteiger partial charge in [0.05, 0.1) is 11.4 Å². The molecule has 2 atom stereocenters. The minimum absolute atomic E-state index is 0.347. The molecule has 0 spiro atoms. The monoisotopic (exact) mass is 329 g/mol. The lowest BCUT2D eigenvalue weighted by Gasteiger charge is -2.21. The van der Waals surface area contributed by atoms with E-state index in [9.17, 15) is 9.90 Å². The number of fused-ring (bicyclic) bond motifs is 1. The number of nitrogens with one attached hydrogen (secondary N) is 1. The maximum absolute atomic E-state index is 11.7. The predicted octanol–water partition coefficient (Wildman–Crippen LogP) is 1.31. The van der Waals surface area contributed by atoms with Crippen LogP contribution in [0.2, 0.25) is 0 Å². The van der Waals surface area contributed by atoms with Gasteiger partial charge in [-0.25, -0.2) is 4.68 Å². The van der Waals surface area contributed by atoms with Gasteiger partial charge >= 0.3 is 5.97 Å². The van der Waals surface area contributed by atoms with Crippen molar-refractivity contribution in [3.8, 4) is 0 Å². The van der Waals surface area contributed by atoms with Gasteiger partial charge in [0.2, 0.25) is 0 Å². The molecule has 0 aliphatic heterocycles. The van der Waals surface area contributed by atoms with Crippen molar-refractivity contribution in [1.29, 1.82) is 0 Å². The number of H-pyrrole nitrogens is 1. The van der Waals surface area contributed by atoms with Gasteiger partial charge in [-0.1, -0.05) is 29.8 Å². The van der Waals surface area contributed by atoms with Gasteiger partial charge in [-0.05, 0) is 30.5 Å². The zero-order chi connectivity index (χ0) is 17.1. The van der Waals surface area contributed by atoms with Crippen molar-refractivity contribution in [3.63, 3.8) is 0 Å². The molecule has 2 heterocycles. The molecule has 2 aromatic heterocycles. The van der Waals surface area contributed by atoms with Crippen molar-refractivity contribution < 1.29 is 9.90 Å². The third-order valence-corrected chi connectivity index (χ3v) is 4.23. The van der Waals surface area contributed by atoms with Gasteiger partial charge in [0.1, 0.15) is 5.52 Å². The number of aryl methyl sites for hydroxylation is 1. The third-order valence-electron chi connectivity index (χ3n) is 4.23. The number of rotatable bonds is 7. The SMILES string of the molecule is CCCC(C(=O)O)C(Cc1ccc2nnn(C)c2c1)c1nn[nH]n1. The molecule has 9 heteroatoms. The first-order chi connectivity index (χ1) is 11.6.